The number of piperazine rings is 1. The van der Waals surface area contributed by atoms with Crippen LogP contribution in [0.4, 0.5) is 0 Å². The number of hydrogen-bond acceptors (Lipinski definition) is 4. The van der Waals surface area contributed by atoms with E-state index in [0.29, 0.717) is 25.4 Å². The Balaban J connectivity index is 1.53. The zero-order valence-electron chi connectivity index (χ0n) is 26.9. The van der Waals surface area contributed by atoms with Crippen LogP contribution in [-0.2, 0) is 17.6 Å². The summed E-state index contributed by atoms with van der Waals surface area (Å²) in [5.41, 5.74) is 24.4. The monoisotopic (exact) mass is 584 g/mol. The van der Waals surface area contributed by atoms with E-state index < -0.39 is 0 Å². The lowest BCUT2D eigenvalue weighted by molar-refractivity contribution is -0.138. The van der Waals surface area contributed by atoms with Crippen LogP contribution in [0.3, 0.4) is 0 Å². The topological polar surface area (TPSA) is 114 Å². The number of carbonyl (C=O) groups is 1. The van der Waals surface area contributed by atoms with Gasteiger partial charge in [0.25, 0.3) is 0 Å². The lowest BCUT2D eigenvalue weighted by Crippen LogP contribution is -2.62. The highest BCUT2D eigenvalue weighted by atomic mass is 16.2. The number of guanidine groups is 1. The van der Waals surface area contributed by atoms with E-state index in [2.05, 4.69) is 91.9 Å². The third-order valence-corrected chi connectivity index (χ3v) is 8.81. The first kappa shape index (κ1) is 32.5. The van der Waals surface area contributed by atoms with Gasteiger partial charge in [0.2, 0.25) is 5.91 Å². The number of rotatable bonds is 12. The first-order valence-corrected chi connectivity index (χ1v) is 15.9. The molecule has 3 unspecified atom stereocenters. The minimum atomic E-state index is -0.000125. The molecule has 1 saturated heterocycles. The predicted molar refractivity (Wildman–Crippen MR) is 180 cm³/mol. The molecule has 0 aromatic heterocycles. The Labute approximate surface area is 258 Å². The summed E-state index contributed by atoms with van der Waals surface area (Å²) in [7, 11) is 0. The average Bonchev–Trinajstić information content (AvgIpc) is 2.93. The molecular weight excluding hydrogens is 532 g/mol. The minimum absolute atomic E-state index is 0.000125. The second kappa shape index (κ2) is 14.8. The summed E-state index contributed by atoms with van der Waals surface area (Å²) in [6.07, 6.45) is 3.97. The van der Waals surface area contributed by atoms with E-state index in [9.17, 15) is 4.79 Å². The van der Waals surface area contributed by atoms with Gasteiger partial charge in [-0.25, -0.2) is 0 Å². The van der Waals surface area contributed by atoms with Crippen molar-refractivity contribution < 1.29 is 4.79 Å². The fourth-order valence-corrected chi connectivity index (χ4v) is 6.88. The van der Waals surface area contributed by atoms with E-state index in [0.717, 1.165) is 44.3 Å². The highest BCUT2D eigenvalue weighted by Crippen LogP contribution is 2.26. The summed E-state index contributed by atoms with van der Waals surface area (Å²) in [5, 5.41) is 2.36. The maximum Gasteiger partial charge on any atom is 0.227 e. The Bertz CT molecular complexity index is 1390. The number of nitrogens with two attached hydrogens (primary N) is 3. The third kappa shape index (κ3) is 9.04. The summed E-state index contributed by atoms with van der Waals surface area (Å²) in [5.74, 6) is 0.799. The fourth-order valence-electron chi connectivity index (χ4n) is 6.88. The quantitative estimate of drug-likeness (QED) is 0.160. The van der Waals surface area contributed by atoms with Crippen molar-refractivity contribution >= 4 is 22.6 Å². The molecule has 3 aromatic carbocycles. The molecule has 232 valence electrons. The standard InChI is InChI=1S/C36H52N6O/c1-24(2)15-33-22-41(21-31(37)20-34-26(4)16-25(3)17-27(34)5)32(11-8-14-40-36(38)39)23-42(33)35(43)19-28-12-13-29-9-6-7-10-30(29)18-28/h6-7,9-10,12-13,16-18,24,31-33H,8,11,14-15,19-23,37H2,1-5H3,(H4,38,39,40). The fraction of sp³-hybridized carbons (Fsp3) is 0.500. The molecule has 0 bridgehead atoms. The van der Waals surface area contributed by atoms with Gasteiger partial charge < -0.3 is 22.1 Å². The molecule has 7 nitrogen and oxygen atoms in total. The van der Waals surface area contributed by atoms with Gasteiger partial charge in [0.1, 0.15) is 0 Å². The van der Waals surface area contributed by atoms with Crippen LogP contribution in [0.5, 0.6) is 0 Å². The molecule has 1 fully saturated rings. The molecule has 0 saturated carbocycles. The smallest absolute Gasteiger partial charge is 0.227 e. The number of fused-ring (bicyclic) bond motifs is 1. The molecule has 4 rings (SSSR count). The molecule has 1 amide bonds. The first-order valence-electron chi connectivity index (χ1n) is 15.9. The van der Waals surface area contributed by atoms with Crippen LogP contribution in [0, 0.1) is 26.7 Å². The van der Waals surface area contributed by atoms with Crippen molar-refractivity contribution in [3.8, 4) is 0 Å². The molecule has 0 spiro atoms. The normalized spacial score (nSPS) is 18.3. The Morgan fingerprint density at radius 1 is 0.953 bits per heavy atom. The first-order chi connectivity index (χ1) is 20.5. The molecular formula is C36H52N6O. The van der Waals surface area contributed by atoms with E-state index in [1.165, 1.54) is 33.0 Å². The van der Waals surface area contributed by atoms with Crippen molar-refractivity contribution in [3.63, 3.8) is 0 Å². The number of hydrogen-bond donors (Lipinski definition) is 3. The van der Waals surface area contributed by atoms with Crippen LogP contribution >= 0.6 is 0 Å². The number of amides is 1. The van der Waals surface area contributed by atoms with Gasteiger partial charge in [-0.05, 0) is 85.4 Å². The van der Waals surface area contributed by atoms with Gasteiger partial charge in [-0.15, -0.1) is 0 Å². The molecule has 7 heteroatoms. The van der Waals surface area contributed by atoms with E-state index in [1.54, 1.807) is 0 Å². The zero-order chi connectivity index (χ0) is 31.1. The summed E-state index contributed by atoms with van der Waals surface area (Å²) >= 11 is 0. The molecule has 6 N–H and O–H groups in total. The predicted octanol–water partition coefficient (Wildman–Crippen LogP) is 4.86. The lowest BCUT2D eigenvalue weighted by atomic mass is 9.92. The molecule has 0 radical (unpaired) electrons. The number of nitrogens with zero attached hydrogens (tertiary/aromatic N) is 3. The Morgan fingerprint density at radius 3 is 2.33 bits per heavy atom. The minimum Gasteiger partial charge on any atom is -0.370 e. The third-order valence-electron chi connectivity index (χ3n) is 8.81. The van der Waals surface area contributed by atoms with Crippen LogP contribution in [0.15, 0.2) is 59.6 Å². The van der Waals surface area contributed by atoms with Gasteiger partial charge in [-0.3, -0.25) is 14.7 Å². The molecule has 3 atom stereocenters. The number of aliphatic imine (C=N–C) groups is 1. The van der Waals surface area contributed by atoms with Crippen LogP contribution in [-0.4, -0.2) is 66.0 Å². The Morgan fingerprint density at radius 2 is 1.65 bits per heavy atom. The second-order valence-electron chi connectivity index (χ2n) is 13.1. The van der Waals surface area contributed by atoms with E-state index >= 15 is 0 Å². The summed E-state index contributed by atoms with van der Waals surface area (Å²) in [6, 6.07) is 19.5. The molecule has 0 aliphatic carbocycles. The SMILES string of the molecule is Cc1cc(C)c(CC(N)CN2CC(CC(C)C)N(C(=O)Cc3ccc4ccccc4c3)CC2CCCN=C(N)N)c(C)c1. The van der Waals surface area contributed by atoms with Crippen molar-refractivity contribution in [1.29, 1.82) is 0 Å². The van der Waals surface area contributed by atoms with Gasteiger partial charge in [0, 0.05) is 44.3 Å². The van der Waals surface area contributed by atoms with Gasteiger partial charge in [0.05, 0.1) is 6.42 Å². The second-order valence-corrected chi connectivity index (χ2v) is 13.1. The average molecular weight is 585 g/mol. The molecule has 1 heterocycles. The van der Waals surface area contributed by atoms with Gasteiger partial charge >= 0.3 is 0 Å². The van der Waals surface area contributed by atoms with Crippen molar-refractivity contribution in [2.45, 2.75) is 84.8 Å². The summed E-state index contributed by atoms with van der Waals surface area (Å²) in [6.45, 7) is 13.9. The summed E-state index contributed by atoms with van der Waals surface area (Å²) < 4.78 is 0. The van der Waals surface area contributed by atoms with Crippen molar-refractivity contribution in [2.75, 3.05) is 26.2 Å². The highest BCUT2D eigenvalue weighted by molar-refractivity contribution is 5.85. The number of aryl methyl sites for hydroxylation is 3. The van der Waals surface area contributed by atoms with E-state index in [1.807, 2.05) is 12.1 Å². The molecule has 3 aromatic rings. The van der Waals surface area contributed by atoms with Gasteiger partial charge in [0.15, 0.2) is 5.96 Å². The Kier molecular flexibility index (Phi) is 11.2. The van der Waals surface area contributed by atoms with Gasteiger partial charge in [-0.1, -0.05) is 74.0 Å². The van der Waals surface area contributed by atoms with Crippen molar-refractivity contribution in [2.24, 2.45) is 28.1 Å². The van der Waals surface area contributed by atoms with Crippen LogP contribution in [0.1, 0.15) is 60.9 Å². The van der Waals surface area contributed by atoms with Crippen molar-refractivity contribution in [3.05, 3.63) is 82.4 Å². The van der Waals surface area contributed by atoms with E-state index in [4.69, 9.17) is 17.2 Å². The Hall–Kier alpha value is -3.42. The number of benzene rings is 3. The summed E-state index contributed by atoms with van der Waals surface area (Å²) in [4.78, 5) is 22.9. The van der Waals surface area contributed by atoms with Gasteiger partial charge in [-0.2, -0.15) is 0 Å². The van der Waals surface area contributed by atoms with Crippen LogP contribution in [0.2, 0.25) is 0 Å². The largest absolute Gasteiger partial charge is 0.370 e. The van der Waals surface area contributed by atoms with Crippen LogP contribution < -0.4 is 17.2 Å². The van der Waals surface area contributed by atoms with E-state index in [-0.39, 0.29) is 30.0 Å². The van der Waals surface area contributed by atoms with Crippen molar-refractivity contribution in [1.82, 2.24) is 9.80 Å². The van der Waals surface area contributed by atoms with Crippen LogP contribution in [0.25, 0.3) is 10.8 Å². The molecule has 1 aliphatic heterocycles. The maximum absolute atomic E-state index is 14.0. The molecule has 43 heavy (non-hydrogen) atoms. The maximum atomic E-state index is 14.0. The molecule has 1 aliphatic rings. The lowest BCUT2D eigenvalue weighted by Gasteiger charge is -2.48. The number of carbonyl (C=O) groups excluding carboxylic acids is 1. The zero-order valence-corrected chi connectivity index (χ0v) is 26.9. The highest BCUT2D eigenvalue weighted by Gasteiger charge is 2.36.